The zero-order chi connectivity index (χ0) is 14.7. The number of hydrogen-bond acceptors (Lipinski definition) is 3. The van der Waals surface area contributed by atoms with Gasteiger partial charge in [-0.05, 0) is 38.5 Å². The first-order valence-electron chi connectivity index (χ1n) is 6.98. The van der Waals surface area contributed by atoms with Crippen molar-refractivity contribution in [3.8, 4) is 0 Å². The summed E-state index contributed by atoms with van der Waals surface area (Å²) in [6, 6.07) is 0. The second-order valence-corrected chi connectivity index (χ2v) is 9.14. The molecule has 0 saturated heterocycles. The van der Waals surface area contributed by atoms with E-state index in [1.165, 1.54) is 12.8 Å². The van der Waals surface area contributed by atoms with Gasteiger partial charge in [-0.2, -0.15) is 0 Å². The van der Waals surface area contributed by atoms with Gasteiger partial charge in [0.2, 0.25) is 0 Å². The van der Waals surface area contributed by atoms with E-state index in [2.05, 4.69) is 59.0 Å². The Hall–Kier alpha value is 1.34. The van der Waals surface area contributed by atoms with Crippen molar-refractivity contribution in [2.75, 3.05) is 14.2 Å². The van der Waals surface area contributed by atoms with E-state index in [1.54, 1.807) is 14.2 Å². The van der Waals surface area contributed by atoms with Crippen LogP contribution >= 0.6 is 45.2 Å². The minimum absolute atomic E-state index is 0.142. The number of halogens is 2. The second-order valence-electron chi connectivity index (χ2n) is 4.89. The van der Waals surface area contributed by atoms with Gasteiger partial charge in [-0.15, -0.1) is 0 Å². The molecule has 5 heteroatoms. The van der Waals surface area contributed by atoms with E-state index >= 15 is 0 Å². The van der Waals surface area contributed by atoms with Gasteiger partial charge in [0.15, 0.2) is 12.6 Å². The fraction of sp³-hybridized carbons (Fsp3) is 1.00. The van der Waals surface area contributed by atoms with Gasteiger partial charge in [0.05, 0.1) is 0 Å². The summed E-state index contributed by atoms with van der Waals surface area (Å²) in [5.74, 6) is 0. The molecule has 0 bridgehead atoms. The van der Waals surface area contributed by atoms with E-state index in [9.17, 15) is 0 Å². The summed E-state index contributed by atoms with van der Waals surface area (Å²) < 4.78 is 18.0. The average molecular weight is 498 g/mol. The third kappa shape index (κ3) is 12.8. The SMILES string of the molecule is COC(CCCC(C)I)OC(CCCC(C)I)OC. The first-order chi connectivity index (χ1) is 8.99. The van der Waals surface area contributed by atoms with Crippen LogP contribution in [0.25, 0.3) is 0 Å². The molecule has 0 aliphatic heterocycles. The van der Waals surface area contributed by atoms with Crippen LogP contribution in [0, 0.1) is 0 Å². The van der Waals surface area contributed by atoms with Gasteiger partial charge in [-0.1, -0.05) is 59.0 Å². The highest BCUT2D eigenvalue weighted by molar-refractivity contribution is 14.1. The first-order valence-corrected chi connectivity index (χ1v) is 9.47. The fourth-order valence-corrected chi connectivity index (χ4v) is 2.66. The molecule has 0 aliphatic carbocycles. The zero-order valence-electron chi connectivity index (χ0n) is 12.5. The van der Waals surface area contributed by atoms with Gasteiger partial charge >= 0.3 is 0 Å². The molecular formula is C14H28I2O3. The van der Waals surface area contributed by atoms with Crippen LogP contribution in [-0.2, 0) is 14.2 Å². The van der Waals surface area contributed by atoms with E-state index in [0.29, 0.717) is 7.85 Å². The smallest absolute Gasteiger partial charge is 0.160 e. The zero-order valence-corrected chi connectivity index (χ0v) is 16.8. The van der Waals surface area contributed by atoms with Crippen LogP contribution in [0.1, 0.15) is 52.4 Å². The minimum atomic E-state index is -0.142. The summed E-state index contributed by atoms with van der Waals surface area (Å²) in [7, 11) is 3.41. The molecule has 116 valence electrons. The topological polar surface area (TPSA) is 27.7 Å². The van der Waals surface area contributed by atoms with Gasteiger partial charge < -0.3 is 14.2 Å². The predicted molar refractivity (Wildman–Crippen MR) is 97.3 cm³/mol. The minimum Gasteiger partial charge on any atom is -0.356 e. The highest BCUT2D eigenvalue weighted by Crippen LogP contribution is 2.17. The molecule has 0 fully saturated rings. The lowest BCUT2D eigenvalue weighted by Crippen LogP contribution is -2.25. The Morgan fingerprint density at radius 2 is 1.11 bits per heavy atom. The lowest BCUT2D eigenvalue weighted by atomic mass is 10.2. The summed E-state index contributed by atoms with van der Waals surface area (Å²) in [5, 5.41) is 0. The van der Waals surface area contributed by atoms with Crippen LogP contribution in [0.2, 0.25) is 0 Å². The molecular weight excluding hydrogens is 470 g/mol. The Kier molecular flexibility index (Phi) is 14.0. The third-order valence-corrected chi connectivity index (χ3v) is 4.16. The summed E-state index contributed by atoms with van der Waals surface area (Å²) in [6.45, 7) is 4.46. The molecule has 4 atom stereocenters. The van der Waals surface area contributed by atoms with E-state index in [4.69, 9.17) is 14.2 Å². The highest BCUT2D eigenvalue weighted by Gasteiger charge is 2.16. The van der Waals surface area contributed by atoms with Gasteiger partial charge in [-0.25, -0.2) is 0 Å². The van der Waals surface area contributed by atoms with Crippen molar-refractivity contribution in [1.82, 2.24) is 0 Å². The molecule has 3 nitrogen and oxygen atoms in total. The molecule has 0 amide bonds. The van der Waals surface area contributed by atoms with Crippen molar-refractivity contribution < 1.29 is 14.2 Å². The first kappa shape index (κ1) is 20.3. The van der Waals surface area contributed by atoms with Crippen molar-refractivity contribution in [1.29, 1.82) is 0 Å². The summed E-state index contributed by atoms with van der Waals surface area (Å²) >= 11 is 4.90. The molecule has 0 radical (unpaired) electrons. The highest BCUT2D eigenvalue weighted by atomic mass is 127. The van der Waals surface area contributed by atoms with Crippen molar-refractivity contribution in [3.63, 3.8) is 0 Å². The molecule has 0 spiro atoms. The second kappa shape index (κ2) is 13.0. The molecule has 19 heavy (non-hydrogen) atoms. The maximum atomic E-state index is 5.86. The quantitative estimate of drug-likeness (QED) is 0.217. The third-order valence-electron chi connectivity index (χ3n) is 2.91. The Balaban J connectivity index is 3.88. The maximum Gasteiger partial charge on any atom is 0.160 e. The van der Waals surface area contributed by atoms with Gasteiger partial charge in [0, 0.05) is 22.1 Å². The fourth-order valence-electron chi connectivity index (χ4n) is 1.78. The summed E-state index contributed by atoms with van der Waals surface area (Å²) in [5.41, 5.74) is 0. The predicted octanol–water partition coefficient (Wildman–Crippen LogP) is 4.94. The molecule has 0 aromatic carbocycles. The van der Waals surface area contributed by atoms with E-state index in [0.717, 1.165) is 25.7 Å². The van der Waals surface area contributed by atoms with Gasteiger partial charge in [0.1, 0.15) is 0 Å². The van der Waals surface area contributed by atoms with Crippen LogP contribution in [0.4, 0.5) is 0 Å². The number of ether oxygens (including phenoxy) is 3. The molecule has 0 saturated carbocycles. The van der Waals surface area contributed by atoms with Crippen molar-refractivity contribution in [2.24, 2.45) is 0 Å². The van der Waals surface area contributed by atoms with Crippen LogP contribution in [-0.4, -0.2) is 34.6 Å². The van der Waals surface area contributed by atoms with Crippen LogP contribution in [0.3, 0.4) is 0 Å². The average Bonchev–Trinajstić information content (AvgIpc) is 2.34. The van der Waals surface area contributed by atoms with E-state index in [-0.39, 0.29) is 12.6 Å². The van der Waals surface area contributed by atoms with Crippen molar-refractivity contribution in [3.05, 3.63) is 0 Å². The van der Waals surface area contributed by atoms with Gasteiger partial charge in [0.25, 0.3) is 0 Å². The molecule has 0 aromatic rings. The molecule has 0 heterocycles. The normalized spacial score (nSPS) is 18.0. The molecule has 0 aliphatic rings. The Bertz CT molecular complexity index is 181. The monoisotopic (exact) mass is 498 g/mol. The summed E-state index contributed by atoms with van der Waals surface area (Å²) in [4.78, 5) is 0. The number of hydrogen-bond donors (Lipinski definition) is 0. The lowest BCUT2D eigenvalue weighted by Gasteiger charge is -2.23. The lowest BCUT2D eigenvalue weighted by molar-refractivity contribution is -0.233. The Labute approximate surface area is 145 Å². The van der Waals surface area contributed by atoms with Crippen molar-refractivity contribution in [2.45, 2.75) is 72.8 Å². The molecule has 0 aromatic heterocycles. The number of rotatable bonds is 12. The van der Waals surface area contributed by atoms with Gasteiger partial charge in [-0.3, -0.25) is 0 Å². The molecule has 0 rings (SSSR count). The number of methoxy groups -OCH3 is 2. The van der Waals surface area contributed by atoms with E-state index < -0.39 is 0 Å². The Morgan fingerprint density at radius 1 is 0.737 bits per heavy atom. The number of alkyl halides is 2. The maximum absolute atomic E-state index is 5.86. The largest absolute Gasteiger partial charge is 0.356 e. The molecule has 4 unspecified atom stereocenters. The van der Waals surface area contributed by atoms with Crippen LogP contribution < -0.4 is 0 Å². The van der Waals surface area contributed by atoms with Crippen molar-refractivity contribution >= 4 is 45.2 Å². The Morgan fingerprint density at radius 3 is 1.37 bits per heavy atom. The molecule has 0 N–H and O–H groups in total. The van der Waals surface area contributed by atoms with Crippen LogP contribution in [0.15, 0.2) is 0 Å². The van der Waals surface area contributed by atoms with E-state index in [1.807, 2.05) is 0 Å². The van der Waals surface area contributed by atoms with Crippen LogP contribution in [0.5, 0.6) is 0 Å². The standard InChI is InChI=1S/C14H28I2O3/c1-11(15)7-5-9-13(17-3)19-14(18-4)10-6-8-12(2)16/h11-14H,5-10H2,1-4H3. The summed E-state index contributed by atoms with van der Waals surface area (Å²) in [6.07, 6.45) is 6.25.